The number of fused-ring (bicyclic) bond motifs is 1. The number of hydrogen-bond acceptors (Lipinski definition) is 3. The van der Waals surface area contributed by atoms with Gasteiger partial charge in [-0.2, -0.15) is 0 Å². The molecule has 1 N–H and O–H groups in total. The van der Waals surface area contributed by atoms with Crippen LogP contribution in [0.3, 0.4) is 0 Å². The van der Waals surface area contributed by atoms with E-state index in [0.29, 0.717) is 5.89 Å². The first-order valence-corrected chi connectivity index (χ1v) is 6.75. The molecule has 3 aromatic rings. The second-order valence-electron chi connectivity index (χ2n) is 5.42. The van der Waals surface area contributed by atoms with Crippen LogP contribution in [0.2, 0.25) is 0 Å². The molecule has 0 aliphatic rings. The van der Waals surface area contributed by atoms with Crippen molar-refractivity contribution < 1.29 is 9.52 Å². The molecule has 0 saturated carbocycles. The second-order valence-corrected chi connectivity index (χ2v) is 5.42. The lowest BCUT2D eigenvalue weighted by Gasteiger charge is -2.08. The van der Waals surface area contributed by atoms with E-state index in [-0.39, 0.29) is 11.7 Å². The molecular weight excluding hydrogens is 250 g/mol. The molecule has 0 radical (unpaired) electrons. The minimum atomic E-state index is 0.287. The van der Waals surface area contributed by atoms with E-state index < -0.39 is 0 Å². The molecule has 3 nitrogen and oxygen atoms in total. The van der Waals surface area contributed by atoms with Crippen LogP contribution < -0.4 is 0 Å². The summed E-state index contributed by atoms with van der Waals surface area (Å²) in [6, 6.07) is 11.5. The Bertz CT molecular complexity index is 772. The molecule has 0 saturated heterocycles. The summed E-state index contributed by atoms with van der Waals surface area (Å²) < 4.78 is 5.77. The van der Waals surface area contributed by atoms with E-state index in [9.17, 15) is 5.11 Å². The van der Waals surface area contributed by atoms with E-state index in [4.69, 9.17) is 4.42 Å². The van der Waals surface area contributed by atoms with Crippen molar-refractivity contribution in [3.63, 3.8) is 0 Å². The molecule has 3 heteroatoms. The number of rotatable bonds is 2. The average molecular weight is 267 g/mol. The predicted octanol–water partition coefficient (Wildman–Crippen LogP) is 4.63. The molecule has 0 fully saturated rings. The standard InChI is InChI=1S/C17H17NO2/c1-10(2)13-6-5-12(9-15(13)19)17-18-14-7-4-11(3)8-16(14)20-17/h4-10,19H,1-3H3. The minimum absolute atomic E-state index is 0.287. The zero-order valence-corrected chi connectivity index (χ0v) is 11.8. The van der Waals surface area contributed by atoms with Gasteiger partial charge in [-0.25, -0.2) is 4.98 Å². The summed E-state index contributed by atoms with van der Waals surface area (Å²) in [6.45, 7) is 6.12. The van der Waals surface area contributed by atoms with E-state index in [2.05, 4.69) is 18.8 Å². The number of benzene rings is 2. The van der Waals surface area contributed by atoms with Crippen molar-refractivity contribution in [1.82, 2.24) is 4.98 Å². The molecule has 3 rings (SSSR count). The summed E-state index contributed by atoms with van der Waals surface area (Å²) in [5, 5.41) is 10.1. The first-order valence-electron chi connectivity index (χ1n) is 6.75. The quantitative estimate of drug-likeness (QED) is 0.736. The summed E-state index contributed by atoms with van der Waals surface area (Å²) in [5.41, 5.74) is 4.46. The SMILES string of the molecule is Cc1ccc2nc(-c3ccc(C(C)C)c(O)c3)oc2c1. The average Bonchev–Trinajstić information content (AvgIpc) is 2.81. The van der Waals surface area contributed by atoms with Crippen molar-refractivity contribution in [2.24, 2.45) is 0 Å². The van der Waals surface area contributed by atoms with Gasteiger partial charge < -0.3 is 9.52 Å². The second kappa shape index (κ2) is 4.67. The lowest BCUT2D eigenvalue weighted by molar-refractivity contribution is 0.464. The fraction of sp³-hybridized carbons (Fsp3) is 0.235. The topological polar surface area (TPSA) is 46.3 Å². The van der Waals surface area contributed by atoms with E-state index in [1.807, 2.05) is 37.3 Å². The van der Waals surface area contributed by atoms with Crippen LogP contribution in [0, 0.1) is 6.92 Å². The molecule has 0 aliphatic heterocycles. The Morgan fingerprint density at radius 3 is 2.60 bits per heavy atom. The zero-order chi connectivity index (χ0) is 14.3. The van der Waals surface area contributed by atoms with Crippen LogP contribution in [0.5, 0.6) is 5.75 Å². The Kier molecular flexibility index (Phi) is 2.97. The summed E-state index contributed by atoms with van der Waals surface area (Å²) in [4.78, 5) is 4.46. The van der Waals surface area contributed by atoms with E-state index in [1.165, 1.54) is 0 Å². The normalized spacial score (nSPS) is 11.4. The van der Waals surface area contributed by atoms with Crippen LogP contribution in [0.4, 0.5) is 0 Å². The molecule has 0 bridgehead atoms. The molecule has 0 spiro atoms. The van der Waals surface area contributed by atoms with Crippen LogP contribution >= 0.6 is 0 Å². The Hall–Kier alpha value is -2.29. The molecule has 1 heterocycles. The van der Waals surface area contributed by atoms with Crippen molar-refractivity contribution in [3.8, 4) is 17.2 Å². The number of oxazole rings is 1. The van der Waals surface area contributed by atoms with Crippen LogP contribution in [-0.2, 0) is 0 Å². The number of hydrogen-bond donors (Lipinski definition) is 1. The maximum Gasteiger partial charge on any atom is 0.227 e. The van der Waals surface area contributed by atoms with E-state index in [1.54, 1.807) is 6.07 Å². The number of nitrogens with zero attached hydrogens (tertiary/aromatic N) is 1. The molecular formula is C17H17NO2. The van der Waals surface area contributed by atoms with Gasteiger partial charge in [0.1, 0.15) is 11.3 Å². The van der Waals surface area contributed by atoms with Crippen molar-refractivity contribution in [2.45, 2.75) is 26.7 Å². The lowest BCUT2D eigenvalue weighted by Crippen LogP contribution is -1.88. The molecule has 20 heavy (non-hydrogen) atoms. The molecule has 2 aromatic carbocycles. The van der Waals surface area contributed by atoms with Gasteiger partial charge in [0.25, 0.3) is 0 Å². The van der Waals surface area contributed by atoms with Gasteiger partial charge in [-0.15, -0.1) is 0 Å². The van der Waals surface area contributed by atoms with Crippen LogP contribution in [0.15, 0.2) is 40.8 Å². The molecule has 0 unspecified atom stereocenters. The largest absolute Gasteiger partial charge is 0.508 e. The first kappa shape index (κ1) is 12.7. The summed E-state index contributed by atoms with van der Waals surface area (Å²) in [6.07, 6.45) is 0. The smallest absolute Gasteiger partial charge is 0.227 e. The fourth-order valence-electron chi connectivity index (χ4n) is 2.32. The molecule has 0 aliphatic carbocycles. The fourth-order valence-corrected chi connectivity index (χ4v) is 2.32. The highest BCUT2D eigenvalue weighted by Gasteiger charge is 2.12. The molecule has 0 atom stereocenters. The zero-order valence-electron chi connectivity index (χ0n) is 11.8. The van der Waals surface area contributed by atoms with Gasteiger partial charge in [0, 0.05) is 5.56 Å². The van der Waals surface area contributed by atoms with E-state index in [0.717, 1.165) is 27.8 Å². The third kappa shape index (κ3) is 2.16. The number of phenolic OH excluding ortho intramolecular Hbond substituents is 1. The Morgan fingerprint density at radius 2 is 1.90 bits per heavy atom. The van der Waals surface area contributed by atoms with Crippen LogP contribution in [0.1, 0.15) is 30.9 Å². The third-order valence-electron chi connectivity index (χ3n) is 3.44. The number of phenols is 1. The number of aromatic nitrogens is 1. The van der Waals surface area contributed by atoms with Gasteiger partial charge in [-0.1, -0.05) is 26.0 Å². The third-order valence-corrected chi connectivity index (χ3v) is 3.44. The van der Waals surface area contributed by atoms with Gasteiger partial charge >= 0.3 is 0 Å². The highest BCUT2D eigenvalue weighted by atomic mass is 16.3. The maximum atomic E-state index is 10.1. The molecule has 0 amide bonds. The van der Waals surface area contributed by atoms with Gasteiger partial charge in [-0.05, 0) is 48.2 Å². The highest BCUT2D eigenvalue weighted by Crippen LogP contribution is 2.31. The Labute approximate surface area is 117 Å². The van der Waals surface area contributed by atoms with Crippen molar-refractivity contribution in [2.75, 3.05) is 0 Å². The number of aromatic hydroxyl groups is 1. The first-order chi connectivity index (χ1) is 9.54. The maximum absolute atomic E-state index is 10.1. The summed E-state index contributed by atoms with van der Waals surface area (Å²) in [7, 11) is 0. The highest BCUT2D eigenvalue weighted by molar-refractivity contribution is 5.77. The predicted molar refractivity (Wildman–Crippen MR) is 79.9 cm³/mol. The van der Waals surface area contributed by atoms with E-state index >= 15 is 0 Å². The van der Waals surface area contributed by atoms with Gasteiger partial charge in [-0.3, -0.25) is 0 Å². The van der Waals surface area contributed by atoms with Crippen molar-refractivity contribution in [3.05, 3.63) is 47.5 Å². The van der Waals surface area contributed by atoms with Crippen molar-refractivity contribution in [1.29, 1.82) is 0 Å². The number of aryl methyl sites for hydroxylation is 1. The van der Waals surface area contributed by atoms with Crippen LogP contribution in [0.25, 0.3) is 22.6 Å². The van der Waals surface area contributed by atoms with Crippen LogP contribution in [-0.4, -0.2) is 10.1 Å². The minimum Gasteiger partial charge on any atom is -0.508 e. The van der Waals surface area contributed by atoms with Gasteiger partial charge in [0.05, 0.1) is 0 Å². The summed E-state index contributed by atoms with van der Waals surface area (Å²) >= 11 is 0. The monoisotopic (exact) mass is 267 g/mol. The molecule has 1 aromatic heterocycles. The van der Waals surface area contributed by atoms with Gasteiger partial charge in [0.15, 0.2) is 5.58 Å². The molecule has 102 valence electrons. The Balaban J connectivity index is 2.08. The van der Waals surface area contributed by atoms with Crippen molar-refractivity contribution >= 4 is 11.1 Å². The van der Waals surface area contributed by atoms with Gasteiger partial charge in [0.2, 0.25) is 5.89 Å². The Morgan fingerprint density at radius 1 is 1.10 bits per heavy atom. The lowest BCUT2D eigenvalue weighted by atomic mass is 10.0. The summed E-state index contributed by atoms with van der Waals surface area (Å²) in [5.74, 6) is 1.11.